The molecule has 1 aliphatic rings. The number of benzene rings is 1. The van der Waals surface area contributed by atoms with Gasteiger partial charge in [0.15, 0.2) is 0 Å². The third-order valence-corrected chi connectivity index (χ3v) is 4.72. The quantitative estimate of drug-likeness (QED) is 0.762. The van der Waals surface area contributed by atoms with Crippen molar-refractivity contribution in [1.29, 1.82) is 0 Å². The number of halogens is 3. The van der Waals surface area contributed by atoms with E-state index in [9.17, 15) is 18.0 Å². The summed E-state index contributed by atoms with van der Waals surface area (Å²) in [6, 6.07) is 6.80. The number of aromatic nitrogens is 2. The van der Waals surface area contributed by atoms with Gasteiger partial charge in [-0.3, -0.25) is 0 Å². The van der Waals surface area contributed by atoms with Crippen molar-refractivity contribution in [3.8, 4) is 0 Å². The molecule has 140 valence electrons. The van der Waals surface area contributed by atoms with Crippen molar-refractivity contribution in [2.24, 2.45) is 5.41 Å². The highest BCUT2D eigenvalue weighted by Gasteiger charge is 2.39. The lowest BCUT2D eigenvalue weighted by Crippen LogP contribution is -2.46. The largest absolute Gasteiger partial charge is 0.416 e. The topological polar surface area (TPSA) is 41.4 Å². The first-order chi connectivity index (χ1) is 12.2. The van der Waals surface area contributed by atoms with Crippen molar-refractivity contribution in [3.63, 3.8) is 0 Å². The Morgan fingerprint density at radius 2 is 1.88 bits per heavy atom. The molecule has 0 spiro atoms. The molecule has 26 heavy (non-hydrogen) atoms. The van der Waals surface area contributed by atoms with Crippen LogP contribution in [0.25, 0.3) is 0 Å². The number of nitrogens with zero attached hydrogens (tertiary/aromatic N) is 4. The van der Waals surface area contributed by atoms with Gasteiger partial charge in [-0.15, -0.1) is 0 Å². The second kappa shape index (κ2) is 6.75. The average molecular weight is 366 g/mol. The molecule has 0 N–H and O–H groups in total. The van der Waals surface area contributed by atoms with Crippen molar-refractivity contribution < 1.29 is 18.0 Å². The van der Waals surface area contributed by atoms with E-state index in [4.69, 9.17) is 0 Å². The third-order valence-electron chi connectivity index (χ3n) is 4.72. The summed E-state index contributed by atoms with van der Waals surface area (Å²) in [5.74, 6) is 0.770. The number of alkyl halides is 3. The van der Waals surface area contributed by atoms with Crippen LogP contribution >= 0.6 is 0 Å². The summed E-state index contributed by atoms with van der Waals surface area (Å²) in [7, 11) is 3.88. The van der Waals surface area contributed by atoms with Crippen LogP contribution in [-0.4, -0.2) is 48.2 Å². The zero-order valence-corrected chi connectivity index (χ0v) is 14.7. The number of hydrogen-bond acceptors (Lipinski definition) is 4. The van der Waals surface area contributed by atoms with E-state index in [1.165, 1.54) is 12.1 Å². The van der Waals surface area contributed by atoms with E-state index < -0.39 is 17.2 Å². The lowest BCUT2D eigenvalue weighted by molar-refractivity contribution is -0.137. The first-order valence-electron chi connectivity index (χ1n) is 8.32. The first kappa shape index (κ1) is 18.4. The van der Waals surface area contributed by atoms with E-state index >= 15 is 0 Å². The average Bonchev–Trinajstić information content (AvgIpc) is 3.07. The molecule has 3 rings (SSSR count). The zero-order valence-electron chi connectivity index (χ0n) is 14.7. The number of aldehydes is 1. The molecule has 1 aliphatic heterocycles. The van der Waals surface area contributed by atoms with E-state index in [0.717, 1.165) is 30.8 Å². The third kappa shape index (κ3) is 3.60. The van der Waals surface area contributed by atoms with Crippen molar-refractivity contribution in [3.05, 3.63) is 42.1 Å². The van der Waals surface area contributed by atoms with Gasteiger partial charge in [0.05, 0.1) is 23.7 Å². The second-order valence-corrected chi connectivity index (χ2v) is 7.01. The van der Waals surface area contributed by atoms with Crippen molar-refractivity contribution >= 4 is 17.8 Å². The van der Waals surface area contributed by atoms with E-state index in [1.807, 2.05) is 23.9 Å². The minimum absolute atomic E-state index is 0.404. The number of hydrogen-bond donors (Lipinski definition) is 0. The van der Waals surface area contributed by atoms with Crippen LogP contribution in [-0.2, 0) is 17.5 Å². The Balaban J connectivity index is 1.94. The molecule has 0 radical (unpaired) electrons. The predicted octanol–water partition coefficient (Wildman–Crippen LogP) is 3.19. The Morgan fingerprint density at radius 1 is 1.19 bits per heavy atom. The smallest absolute Gasteiger partial charge is 0.326 e. The fraction of sp³-hybridized carbons (Fsp3) is 0.444. The Labute approximate surface area is 150 Å². The maximum Gasteiger partial charge on any atom is 0.416 e. The highest BCUT2D eigenvalue weighted by Crippen LogP contribution is 2.38. The molecular weight excluding hydrogens is 345 g/mol. The van der Waals surface area contributed by atoms with Gasteiger partial charge < -0.3 is 14.6 Å². The number of carbonyl (C=O) groups excluding carboxylic acids is 1. The highest BCUT2D eigenvalue weighted by atomic mass is 19.4. The van der Waals surface area contributed by atoms with Gasteiger partial charge in [0.2, 0.25) is 0 Å². The number of anilines is 2. The fourth-order valence-electron chi connectivity index (χ4n) is 3.21. The van der Waals surface area contributed by atoms with Gasteiger partial charge in [0, 0.05) is 18.3 Å². The van der Waals surface area contributed by atoms with Crippen molar-refractivity contribution in [2.75, 3.05) is 32.1 Å². The van der Waals surface area contributed by atoms with Gasteiger partial charge in [-0.2, -0.15) is 18.3 Å². The summed E-state index contributed by atoms with van der Waals surface area (Å²) in [6.45, 7) is 1.60. The summed E-state index contributed by atoms with van der Waals surface area (Å²) in [4.78, 5) is 15.8. The van der Waals surface area contributed by atoms with E-state index in [-0.39, 0.29) is 0 Å². The van der Waals surface area contributed by atoms with Gasteiger partial charge in [0.25, 0.3) is 0 Å². The van der Waals surface area contributed by atoms with Crippen LogP contribution in [0.4, 0.5) is 24.7 Å². The van der Waals surface area contributed by atoms with Crippen LogP contribution in [0.15, 0.2) is 36.5 Å². The van der Waals surface area contributed by atoms with E-state index in [2.05, 4.69) is 5.10 Å². The predicted molar refractivity (Wildman–Crippen MR) is 92.3 cm³/mol. The molecular formula is C18H21F3N4O. The molecule has 0 bridgehead atoms. The molecule has 1 unspecified atom stereocenters. The van der Waals surface area contributed by atoms with Gasteiger partial charge in [0.1, 0.15) is 12.1 Å². The molecule has 0 fully saturated rings. The van der Waals surface area contributed by atoms with Gasteiger partial charge in [-0.25, -0.2) is 4.68 Å². The maximum atomic E-state index is 12.8. The van der Waals surface area contributed by atoms with Gasteiger partial charge >= 0.3 is 6.18 Å². The van der Waals surface area contributed by atoms with Crippen LogP contribution in [0.1, 0.15) is 12.0 Å². The Hall–Kier alpha value is -2.35. The molecule has 5 nitrogen and oxygen atoms in total. The van der Waals surface area contributed by atoms with Crippen LogP contribution in [0, 0.1) is 5.41 Å². The SMILES string of the molecule is CN(C)CCC1(C=O)CN(c2ccc(C(F)(F)F)cc2)c2ccnn2C1. The minimum atomic E-state index is -4.37. The molecule has 2 aromatic rings. The molecule has 1 aromatic heterocycles. The summed E-state index contributed by atoms with van der Waals surface area (Å²) in [5, 5.41) is 4.28. The number of carbonyl (C=O) groups is 1. The fourth-order valence-corrected chi connectivity index (χ4v) is 3.21. The first-order valence-corrected chi connectivity index (χ1v) is 8.32. The normalized spacial score (nSPS) is 20.3. The Kier molecular flexibility index (Phi) is 4.79. The van der Waals surface area contributed by atoms with Crippen LogP contribution < -0.4 is 4.90 Å². The van der Waals surface area contributed by atoms with Crippen LogP contribution in [0.5, 0.6) is 0 Å². The molecule has 2 heterocycles. The summed E-state index contributed by atoms with van der Waals surface area (Å²) in [5.41, 5.74) is -0.733. The number of fused-ring (bicyclic) bond motifs is 1. The molecule has 0 saturated heterocycles. The maximum absolute atomic E-state index is 12.8. The standard InChI is InChI=1S/C18H21F3N4O/c1-23(2)10-8-17(13-26)11-24(16-7-9-22-25(16)12-17)15-5-3-14(4-6-15)18(19,20)21/h3-7,9,13H,8,10-12H2,1-2H3. The highest BCUT2D eigenvalue weighted by molar-refractivity contribution is 5.68. The Bertz CT molecular complexity index is 769. The minimum Gasteiger partial charge on any atom is -0.326 e. The lowest BCUT2D eigenvalue weighted by Gasteiger charge is -2.41. The molecule has 1 atom stereocenters. The van der Waals surface area contributed by atoms with Gasteiger partial charge in [-0.05, 0) is 51.3 Å². The molecule has 0 aliphatic carbocycles. The van der Waals surface area contributed by atoms with E-state index in [0.29, 0.717) is 25.2 Å². The van der Waals surface area contributed by atoms with Crippen LogP contribution in [0.3, 0.4) is 0 Å². The van der Waals surface area contributed by atoms with Crippen molar-refractivity contribution in [1.82, 2.24) is 14.7 Å². The Morgan fingerprint density at radius 3 is 2.46 bits per heavy atom. The number of rotatable bonds is 5. The summed E-state index contributed by atoms with van der Waals surface area (Å²) >= 11 is 0. The summed E-state index contributed by atoms with van der Waals surface area (Å²) < 4.78 is 40.2. The molecule has 1 aromatic carbocycles. The summed E-state index contributed by atoms with van der Waals surface area (Å²) in [6.07, 6.45) is -1.14. The van der Waals surface area contributed by atoms with Crippen LogP contribution in [0.2, 0.25) is 0 Å². The molecule has 8 heteroatoms. The zero-order chi connectivity index (χ0) is 18.9. The van der Waals surface area contributed by atoms with E-state index in [1.54, 1.807) is 16.9 Å². The molecule has 0 amide bonds. The van der Waals surface area contributed by atoms with Gasteiger partial charge in [-0.1, -0.05) is 0 Å². The van der Waals surface area contributed by atoms with Crippen molar-refractivity contribution in [2.45, 2.75) is 19.1 Å². The monoisotopic (exact) mass is 366 g/mol. The second-order valence-electron chi connectivity index (χ2n) is 7.01. The molecule has 0 saturated carbocycles. The lowest BCUT2D eigenvalue weighted by atomic mass is 9.83.